The Morgan fingerprint density at radius 2 is 1.86 bits per heavy atom. The fraction of sp³-hybridized carbons (Fsp3) is 0.250. The van der Waals surface area contributed by atoms with Crippen molar-refractivity contribution in [2.24, 2.45) is 0 Å². The number of carbonyl (C=O) groups is 1. The molecule has 110 valence electrons. The maximum Gasteiger partial charge on any atom is 0.241 e. The Morgan fingerprint density at radius 3 is 2.48 bits per heavy atom. The normalized spacial score (nSPS) is 12.1. The maximum atomic E-state index is 12.2. The van der Waals surface area contributed by atoms with Crippen molar-refractivity contribution in [1.82, 2.24) is 9.88 Å². The molecule has 0 saturated heterocycles. The van der Waals surface area contributed by atoms with Crippen LogP contribution in [0.4, 0.5) is 11.4 Å². The van der Waals surface area contributed by atoms with Crippen LogP contribution in [0, 0.1) is 0 Å². The molecule has 0 aliphatic rings. The van der Waals surface area contributed by atoms with Crippen molar-refractivity contribution in [3.05, 3.63) is 54.4 Å². The molecule has 0 radical (unpaired) electrons. The van der Waals surface area contributed by atoms with Crippen LogP contribution in [0.15, 0.2) is 48.8 Å². The largest absolute Gasteiger partial charge is 0.399 e. The molecular weight excluding hydrogens is 264 g/mol. The van der Waals surface area contributed by atoms with Gasteiger partial charge in [-0.25, -0.2) is 0 Å². The van der Waals surface area contributed by atoms with E-state index in [1.807, 2.05) is 31.0 Å². The van der Waals surface area contributed by atoms with Crippen molar-refractivity contribution in [2.75, 3.05) is 18.1 Å². The number of pyridine rings is 1. The molecule has 1 amide bonds. The highest BCUT2D eigenvalue weighted by Crippen LogP contribution is 2.12. The Morgan fingerprint density at radius 1 is 1.24 bits per heavy atom. The molecule has 1 unspecified atom stereocenters. The zero-order valence-electron chi connectivity index (χ0n) is 12.3. The summed E-state index contributed by atoms with van der Waals surface area (Å²) in [4.78, 5) is 18.2. The van der Waals surface area contributed by atoms with Crippen LogP contribution < -0.4 is 11.1 Å². The third-order valence-corrected chi connectivity index (χ3v) is 3.40. The first-order valence-corrected chi connectivity index (χ1v) is 6.82. The molecule has 2 rings (SSSR count). The number of nitrogen functional groups attached to an aromatic ring is 1. The SMILES string of the molecule is CC(C(=O)Nc1ccc(N)cc1)N(C)Cc1ccncc1. The predicted octanol–water partition coefficient (Wildman–Crippen LogP) is 2.12. The molecule has 2 aromatic rings. The molecule has 0 aliphatic carbocycles. The van der Waals surface area contributed by atoms with E-state index in [0.29, 0.717) is 12.2 Å². The maximum absolute atomic E-state index is 12.2. The zero-order valence-corrected chi connectivity index (χ0v) is 12.3. The summed E-state index contributed by atoms with van der Waals surface area (Å²) in [6, 6.07) is 10.8. The van der Waals surface area contributed by atoms with Gasteiger partial charge in [-0.2, -0.15) is 0 Å². The zero-order chi connectivity index (χ0) is 15.2. The van der Waals surface area contributed by atoms with Gasteiger partial charge in [-0.05, 0) is 55.9 Å². The standard InChI is InChI=1S/C16H20N4O/c1-12(20(2)11-13-7-9-18-10-8-13)16(21)19-15-5-3-14(17)4-6-15/h3-10,12H,11,17H2,1-2H3,(H,19,21). The number of nitrogens with zero attached hydrogens (tertiary/aromatic N) is 2. The average Bonchev–Trinajstić information content (AvgIpc) is 2.49. The molecule has 3 N–H and O–H groups in total. The van der Waals surface area contributed by atoms with Crippen molar-refractivity contribution in [2.45, 2.75) is 19.5 Å². The number of nitrogens with one attached hydrogen (secondary N) is 1. The summed E-state index contributed by atoms with van der Waals surface area (Å²) in [5.74, 6) is -0.0451. The lowest BCUT2D eigenvalue weighted by Gasteiger charge is -2.23. The predicted molar refractivity (Wildman–Crippen MR) is 84.7 cm³/mol. The van der Waals surface area contributed by atoms with Crippen molar-refractivity contribution < 1.29 is 4.79 Å². The molecule has 1 aromatic carbocycles. The number of aromatic nitrogens is 1. The molecule has 0 aliphatic heterocycles. The van der Waals surface area contributed by atoms with Crippen molar-refractivity contribution in [3.8, 4) is 0 Å². The van der Waals surface area contributed by atoms with Gasteiger partial charge >= 0.3 is 0 Å². The molecule has 0 spiro atoms. The van der Waals surface area contributed by atoms with Gasteiger partial charge in [0.1, 0.15) is 0 Å². The highest BCUT2D eigenvalue weighted by atomic mass is 16.2. The summed E-state index contributed by atoms with van der Waals surface area (Å²) in [6.07, 6.45) is 3.50. The number of likely N-dealkylation sites (N-methyl/N-ethyl adjacent to an activating group) is 1. The van der Waals surface area contributed by atoms with Gasteiger partial charge in [-0.3, -0.25) is 14.7 Å². The molecule has 0 saturated carbocycles. The summed E-state index contributed by atoms with van der Waals surface area (Å²) < 4.78 is 0. The van der Waals surface area contributed by atoms with E-state index >= 15 is 0 Å². The lowest BCUT2D eigenvalue weighted by Crippen LogP contribution is -2.39. The molecular formula is C16H20N4O. The Kier molecular flexibility index (Phi) is 4.90. The molecule has 0 fully saturated rings. The lowest BCUT2D eigenvalue weighted by molar-refractivity contribution is -0.120. The van der Waals surface area contributed by atoms with Gasteiger partial charge in [0, 0.05) is 30.3 Å². The van der Waals surface area contributed by atoms with Gasteiger partial charge in [0.05, 0.1) is 6.04 Å². The van der Waals surface area contributed by atoms with Gasteiger partial charge in [0.2, 0.25) is 5.91 Å². The monoisotopic (exact) mass is 284 g/mol. The van der Waals surface area contributed by atoms with Crippen molar-refractivity contribution in [3.63, 3.8) is 0 Å². The summed E-state index contributed by atoms with van der Waals surface area (Å²) in [7, 11) is 1.92. The molecule has 5 heteroatoms. The summed E-state index contributed by atoms with van der Waals surface area (Å²) in [6.45, 7) is 2.58. The fourth-order valence-electron chi connectivity index (χ4n) is 1.93. The third kappa shape index (κ3) is 4.29. The average molecular weight is 284 g/mol. The van der Waals surface area contributed by atoms with E-state index in [4.69, 9.17) is 5.73 Å². The van der Waals surface area contributed by atoms with Gasteiger partial charge in [0.25, 0.3) is 0 Å². The van der Waals surface area contributed by atoms with Crippen LogP contribution in [-0.4, -0.2) is 28.9 Å². The molecule has 1 atom stereocenters. The molecule has 0 bridgehead atoms. The van der Waals surface area contributed by atoms with Gasteiger partial charge in [0.15, 0.2) is 0 Å². The second kappa shape index (κ2) is 6.85. The minimum Gasteiger partial charge on any atom is -0.399 e. The van der Waals surface area contributed by atoms with Gasteiger partial charge in [-0.15, -0.1) is 0 Å². The van der Waals surface area contributed by atoms with E-state index in [-0.39, 0.29) is 11.9 Å². The number of nitrogens with two attached hydrogens (primary N) is 1. The van der Waals surface area contributed by atoms with Crippen LogP contribution in [0.3, 0.4) is 0 Å². The lowest BCUT2D eigenvalue weighted by atomic mass is 10.2. The molecule has 1 aromatic heterocycles. The highest BCUT2D eigenvalue weighted by Gasteiger charge is 2.18. The molecule has 21 heavy (non-hydrogen) atoms. The van der Waals surface area contributed by atoms with Gasteiger partial charge < -0.3 is 11.1 Å². The number of amides is 1. The second-order valence-electron chi connectivity index (χ2n) is 5.06. The van der Waals surface area contributed by atoms with Crippen LogP contribution in [0.25, 0.3) is 0 Å². The highest BCUT2D eigenvalue weighted by molar-refractivity contribution is 5.94. The second-order valence-corrected chi connectivity index (χ2v) is 5.06. The van der Waals surface area contributed by atoms with Crippen LogP contribution in [0.2, 0.25) is 0 Å². The van der Waals surface area contributed by atoms with E-state index in [1.54, 1.807) is 36.7 Å². The number of rotatable bonds is 5. The number of hydrogen-bond donors (Lipinski definition) is 2. The van der Waals surface area contributed by atoms with E-state index in [2.05, 4.69) is 10.3 Å². The Balaban J connectivity index is 1.93. The first-order chi connectivity index (χ1) is 10.1. The molecule has 1 heterocycles. The van der Waals surface area contributed by atoms with Crippen LogP contribution in [-0.2, 0) is 11.3 Å². The summed E-state index contributed by atoms with van der Waals surface area (Å²) >= 11 is 0. The topological polar surface area (TPSA) is 71.2 Å². The Hall–Kier alpha value is -2.40. The summed E-state index contributed by atoms with van der Waals surface area (Å²) in [5, 5.41) is 2.89. The fourth-order valence-corrected chi connectivity index (χ4v) is 1.93. The third-order valence-electron chi connectivity index (χ3n) is 3.40. The quantitative estimate of drug-likeness (QED) is 0.825. The number of hydrogen-bond acceptors (Lipinski definition) is 4. The number of carbonyl (C=O) groups excluding carboxylic acids is 1. The van der Waals surface area contributed by atoms with Crippen molar-refractivity contribution in [1.29, 1.82) is 0 Å². The van der Waals surface area contributed by atoms with Crippen LogP contribution in [0.5, 0.6) is 0 Å². The minimum absolute atomic E-state index is 0.0451. The van der Waals surface area contributed by atoms with E-state index in [1.165, 1.54) is 0 Å². The van der Waals surface area contributed by atoms with Crippen LogP contribution in [0.1, 0.15) is 12.5 Å². The number of anilines is 2. The minimum atomic E-state index is -0.240. The first-order valence-electron chi connectivity index (χ1n) is 6.82. The van der Waals surface area contributed by atoms with Crippen molar-refractivity contribution >= 4 is 17.3 Å². The molecule has 5 nitrogen and oxygen atoms in total. The van der Waals surface area contributed by atoms with E-state index in [9.17, 15) is 4.79 Å². The number of benzene rings is 1. The first kappa shape index (κ1) is 15.0. The van der Waals surface area contributed by atoms with Crippen LogP contribution >= 0.6 is 0 Å². The Labute approximate surface area is 124 Å². The van der Waals surface area contributed by atoms with E-state index in [0.717, 1.165) is 11.3 Å². The van der Waals surface area contributed by atoms with Gasteiger partial charge in [-0.1, -0.05) is 0 Å². The summed E-state index contributed by atoms with van der Waals surface area (Å²) in [5.41, 5.74) is 8.18. The smallest absolute Gasteiger partial charge is 0.241 e. The van der Waals surface area contributed by atoms with E-state index < -0.39 is 0 Å². The Bertz CT molecular complexity index is 583.